The molecule has 2 nitrogen and oxygen atoms in total. The lowest BCUT2D eigenvalue weighted by molar-refractivity contribution is 0.329. The van der Waals surface area contributed by atoms with Crippen LogP contribution in [0.3, 0.4) is 0 Å². The van der Waals surface area contributed by atoms with Gasteiger partial charge < -0.3 is 9.84 Å². The third kappa shape index (κ3) is 4.31. The van der Waals surface area contributed by atoms with E-state index in [4.69, 9.17) is 4.74 Å². The van der Waals surface area contributed by atoms with Crippen molar-refractivity contribution in [3.05, 3.63) is 34.4 Å². The van der Waals surface area contributed by atoms with Crippen LogP contribution in [0.2, 0.25) is 0 Å². The number of benzene rings is 1. The predicted molar refractivity (Wildman–Crippen MR) is 97.6 cm³/mol. The van der Waals surface area contributed by atoms with Crippen molar-refractivity contribution >= 4 is 0 Å². The molecule has 23 heavy (non-hydrogen) atoms. The minimum atomic E-state index is 0.286. The van der Waals surface area contributed by atoms with Gasteiger partial charge >= 0.3 is 0 Å². The minimum Gasteiger partial charge on any atom is -0.507 e. The molecule has 0 heterocycles. The Balaban J connectivity index is 2.40. The molecule has 1 aromatic rings. The molecule has 1 N–H and O–H groups in total. The number of phenolic OH excluding ortho intramolecular Hbond substituents is 1. The second-order valence-electron chi connectivity index (χ2n) is 6.82. The molecule has 0 fully saturated rings. The second-order valence-corrected chi connectivity index (χ2v) is 6.82. The average Bonchev–Trinajstić information content (AvgIpc) is 2.52. The standard InChI is InChI=1S/C21H32O2/c1-5-7-8-11-17-14-19(23-6-2)20(21(22)16(17)4)18-12-9-10-15(3)13-18/h13-14,18,22H,5-12H2,1-4H3/t18-/m0/s1. The first-order valence-electron chi connectivity index (χ1n) is 9.23. The summed E-state index contributed by atoms with van der Waals surface area (Å²) in [5.74, 6) is 1.63. The summed E-state index contributed by atoms with van der Waals surface area (Å²) < 4.78 is 5.92. The summed E-state index contributed by atoms with van der Waals surface area (Å²) in [7, 11) is 0. The molecule has 1 aliphatic carbocycles. The first-order valence-corrected chi connectivity index (χ1v) is 9.23. The van der Waals surface area contributed by atoms with Crippen LogP contribution < -0.4 is 4.74 Å². The number of unbranched alkanes of at least 4 members (excludes halogenated alkanes) is 2. The van der Waals surface area contributed by atoms with Gasteiger partial charge in [0.25, 0.3) is 0 Å². The fraction of sp³-hybridized carbons (Fsp3) is 0.619. The van der Waals surface area contributed by atoms with Crippen molar-refractivity contribution in [1.29, 1.82) is 0 Å². The van der Waals surface area contributed by atoms with Gasteiger partial charge in [0.05, 0.1) is 6.61 Å². The van der Waals surface area contributed by atoms with Crippen molar-refractivity contribution < 1.29 is 9.84 Å². The molecule has 128 valence electrons. The molecule has 0 radical (unpaired) electrons. The second kappa shape index (κ2) is 8.42. The van der Waals surface area contributed by atoms with Gasteiger partial charge in [0.1, 0.15) is 11.5 Å². The monoisotopic (exact) mass is 316 g/mol. The highest BCUT2D eigenvalue weighted by atomic mass is 16.5. The minimum absolute atomic E-state index is 0.286. The first kappa shape index (κ1) is 17.9. The molecule has 0 saturated carbocycles. The Morgan fingerprint density at radius 2 is 2.00 bits per heavy atom. The van der Waals surface area contributed by atoms with E-state index in [1.807, 2.05) is 6.92 Å². The summed E-state index contributed by atoms with van der Waals surface area (Å²) in [5.41, 5.74) is 4.70. The number of hydrogen-bond acceptors (Lipinski definition) is 2. The summed E-state index contributed by atoms with van der Waals surface area (Å²) in [6.07, 6.45) is 10.4. The van der Waals surface area contributed by atoms with Crippen LogP contribution in [-0.2, 0) is 6.42 Å². The van der Waals surface area contributed by atoms with E-state index in [1.165, 1.54) is 43.2 Å². The maximum Gasteiger partial charge on any atom is 0.127 e. The molecule has 0 spiro atoms. The molecule has 0 aliphatic heterocycles. The highest BCUT2D eigenvalue weighted by Gasteiger charge is 2.24. The third-order valence-corrected chi connectivity index (χ3v) is 4.96. The van der Waals surface area contributed by atoms with Crippen LogP contribution in [0.5, 0.6) is 11.5 Å². The Kier molecular flexibility index (Phi) is 6.56. The Morgan fingerprint density at radius 3 is 2.65 bits per heavy atom. The number of aryl methyl sites for hydroxylation is 1. The highest BCUT2D eigenvalue weighted by Crippen LogP contribution is 2.44. The van der Waals surface area contributed by atoms with E-state index in [-0.39, 0.29) is 5.92 Å². The van der Waals surface area contributed by atoms with Crippen LogP contribution in [-0.4, -0.2) is 11.7 Å². The molecule has 1 aromatic carbocycles. The Hall–Kier alpha value is -1.44. The van der Waals surface area contributed by atoms with Crippen molar-refractivity contribution in [2.75, 3.05) is 6.61 Å². The summed E-state index contributed by atoms with van der Waals surface area (Å²) >= 11 is 0. The van der Waals surface area contributed by atoms with Crippen molar-refractivity contribution in [2.24, 2.45) is 0 Å². The van der Waals surface area contributed by atoms with Crippen molar-refractivity contribution in [3.63, 3.8) is 0 Å². The fourth-order valence-corrected chi connectivity index (χ4v) is 3.61. The zero-order valence-electron chi connectivity index (χ0n) is 15.2. The summed E-state index contributed by atoms with van der Waals surface area (Å²) in [5, 5.41) is 10.9. The van der Waals surface area contributed by atoms with Crippen molar-refractivity contribution in [1.82, 2.24) is 0 Å². The number of ether oxygens (including phenoxy) is 1. The van der Waals surface area contributed by atoms with E-state index in [9.17, 15) is 5.11 Å². The van der Waals surface area contributed by atoms with Crippen LogP contribution in [0.15, 0.2) is 17.7 Å². The van der Waals surface area contributed by atoms with Crippen LogP contribution in [0.4, 0.5) is 0 Å². The van der Waals surface area contributed by atoms with Gasteiger partial charge in [-0.2, -0.15) is 0 Å². The molecule has 0 bridgehead atoms. The van der Waals surface area contributed by atoms with Crippen molar-refractivity contribution in [2.45, 2.75) is 78.6 Å². The number of aromatic hydroxyl groups is 1. The maximum absolute atomic E-state index is 10.9. The predicted octanol–water partition coefficient (Wildman–Crippen LogP) is 6.05. The Bertz CT molecular complexity index is 557. The SMILES string of the molecule is CCCCCc1cc(OCC)c([C@@H]2C=C(C)CCC2)c(O)c1C. The zero-order valence-corrected chi connectivity index (χ0v) is 15.2. The molecule has 1 aliphatic rings. The van der Waals surface area contributed by atoms with Gasteiger partial charge in [-0.25, -0.2) is 0 Å². The van der Waals surface area contributed by atoms with Crippen LogP contribution in [0.1, 0.15) is 81.9 Å². The molecule has 0 unspecified atom stereocenters. The van der Waals surface area contributed by atoms with E-state index < -0.39 is 0 Å². The van der Waals surface area contributed by atoms with Crippen LogP contribution >= 0.6 is 0 Å². The molecule has 0 amide bonds. The number of allylic oxidation sites excluding steroid dienone is 2. The summed E-state index contributed by atoms with van der Waals surface area (Å²) in [4.78, 5) is 0. The molecule has 2 heteroatoms. The molecular weight excluding hydrogens is 284 g/mol. The van der Waals surface area contributed by atoms with Gasteiger partial charge in [0.2, 0.25) is 0 Å². The van der Waals surface area contributed by atoms with Gasteiger partial charge in [-0.15, -0.1) is 0 Å². The fourth-order valence-electron chi connectivity index (χ4n) is 3.61. The van der Waals surface area contributed by atoms with Gasteiger partial charge in [0, 0.05) is 11.5 Å². The molecule has 0 aromatic heterocycles. The molecule has 1 atom stereocenters. The lowest BCUT2D eigenvalue weighted by Gasteiger charge is -2.25. The van der Waals surface area contributed by atoms with Crippen molar-refractivity contribution in [3.8, 4) is 11.5 Å². The lowest BCUT2D eigenvalue weighted by atomic mass is 9.83. The van der Waals surface area contributed by atoms with Gasteiger partial charge in [-0.1, -0.05) is 31.4 Å². The maximum atomic E-state index is 10.9. The molecular formula is C21H32O2. The van der Waals surface area contributed by atoms with E-state index in [0.29, 0.717) is 12.4 Å². The highest BCUT2D eigenvalue weighted by molar-refractivity contribution is 5.56. The van der Waals surface area contributed by atoms with Gasteiger partial charge in [-0.3, -0.25) is 0 Å². The first-order chi connectivity index (χ1) is 11.1. The van der Waals surface area contributed by atoms with E-state index >= 15 is 0 Å². The normalized spacial score (nSPS) is 17.9. The topological polar surface area (TPSA) is 29.5 Å². The quantitative estimate of drug-likeness (QED) is 0.490. The smallest absolute Gasteiger partial charge is 0.127 e. The third-order valence-electron chi connectivity index (χ3n) is 4.96. The van der Waals surface area contributed by atoms with Gasteiger partial charge in [0.15, 0.2) is 0 Å². The average molecular weight is 316 g/mol. The number of hydrogen-bond donors (Lipinski definition) is 1. The Labute approximate surface area is 141 Å². The van der Waals surface area contributed by atoms with E-state index in [0.717, 1.165) is 29.7 Å². The summed E-state index contributed by atoms with van der Waals surface area (Å²) in [6, 6.07) is 2.18. The number of rotatable bonds is 7. The summed E-state index contributed by atoms with van der Waals surface area (Å²) in [6.45, 7) is 9.11. The Morgan fingerprint density at radius 1 is 1.22 bits per heavy atom. The lowest BCUT2D eigenvalue weighted by Crippen LogP contribution is -2.08. The molecule has 2 rings (SSSR count). The largest absolute Gasteiger partial charge is 0.507 e. The van der Waals surface area contributed by atoms with Gasteiger partial charge in [-0.05, 0) is 70.1 Å². The van der Waals surface area contributed by atoms with E-state index in [2.05, 4.69) is 32.9 Å². The zero-order chi connectivity index (χ0) is 16.8. The molecule has 0 saturated heterocycles. The number of phenols is 1. The van der Waals surface area contributed by atoms with Crippen LogP contribution in [0, 0.1) is 6.92 Å². The van der Waals surface area contributed by atoms with Crippen LogP contribution in [0.25, 0.3) is 0 Å². The van der Waals surface area contributed by atoms with E-state index in [1.54, 1.807) is 0 Å².